The highest BCUT2D eigenvalue weighted by Gasteiger charge is 2.51. The molecule has 12 unspecified atom stereocenters. The number of aliphatic hydroxyl groups is 8. The van der Waals surface area contributed by atoms with Crippen molar-refractivity contribution in [2.45, 2.75) is 376 Å². The Labute approximate surface area is 482 Å². The molecule has 0 saturated carbocycles. The van der Waals surface area contributed by atoms with E-state index in [0.717, 1.165) is 38.5 Å². The molecule has 0 spiro atoms. The monoisotopic (exact) mass is 1130 g/mol. The van der Waals surface area contributed by atoms with Crippen molar-refractivity contribution in [1.29, 1.82) is 0 Å². The third-order valence-corrected chi connectivity index (χ3v) is 16.7. The number of hydrogen-bond donors (Lipinski definition) is 9. The molecule has 2 saturated heterocycles. The van der Waals surface area contributed by atoms with Crippen LogP contribution >= 0.6 is 0 Å². The summed E-state index contributed by atoms with van der Waals surface area (Å²) < 4.78 is 22.8. The zero-order valence-electron chi connectivity index (χ0n) is 50.6. The fraction of sp³-hybridized carbons (Fsp3) is 0.954. The number of rotatable bonds is 55. The van der Waals surface area contributed by atoms with Crippen molar-refractivity contribution in [3.63, 3.8) is 0 Å². The van der Waals surface area contributed by atoms with Crippen molar-refractivity contribution in [1.82, 2.24) is 5.32 Å². The lowest BCUT2D eigenvalue weighted by molar-refractivity contribution is -0.359. The predicted molar refractivity (Wildman–Crippen MR) is 319 cm³/mol. The van der Waals surface area contributed by atoms with Crippen LogP contribution in [-0.4, -0.2) is 140 Å². The molecule has 2 fully saturated rings. The summed E-state index contributed by atoms with van der Waals surface area (Å²) >= 11 is 0. The van der Waals surface area contributed by atoms with Gasteiger partial charge in [0, 0.05) is 6.42 Å². The third kappa shape index (κ3) is 36.2. The minimum Gasteiger partial charge on any atom is -0.394 e. The standard InChI is InChI=1S/C65H125NO13/c1-3-5-7-9-11-13-15-17-19-21-22-23-24-25-26-27-28-29-30-31-32-33-35-37-39-41-43-45-47-49-57(70)66-53(54(69)48-46-44-42-40-38-36-34-20-18-16-14-12-10-8-6-4-2)52-76-64-62(75)60(73)63(56(51-68)78-64)79-65-61(74)59(72)58(71)55(50-67)77-65/h46,48,53-56,58-65,67-69,71-75H,3-45,47,49-52H2,1-2H3,(H,66,70)/b48-46+. The van der Waals surface area contributed by atoms with E-state index < -0.39 is 86.8 Å². The van der Waals surface area contributed by atoms with E-state index in [9.17, 15) is 45.6 Å². The quantitative estimate of drug-likeness (QED) is 0.0204. The van der Waals surface area contributed by atoms with Gasteiger partial charge in [0.2, 0.25) is 5.91 Å². The summed E-state index contributed by atoms with van der Waals surface area (Å²) in [5.41, 5.74) is 0. The van der Waals surface area contributed by atoms with Gasteiger partial charge in [0.25, 0.3) is 0 Å². The van der Waals surface area contributed by atoms with E-state index in [0.29, 0.717) is 6.42 Å². The molecule has 0 aliphatic carbocycles. The SMILES string of the molecule is CCCCCCCCCCCCCCCC/C=C/C(O)C(COC1OC(CO)C(OC2OC(CO)C(O)C(O)C2O)C(O)C1O)NC(=O)CCCCCCCCCCCCCCCCCCCCCCCCCCCCCCC. The van der Waals surface area contributed by atoms with Gasteiger partial charge in [0.05, 0.1) is 32.0 Å². The van der Waals surface area contributed by atoms with Gasteiger partial charge in [0.1, 0.15) is 48.8 Å². The second-order valence-electron chi connectivity index (χ2n) is 24.0. The fourth-order valence-electron chi connectivity index (χ4n) is 11.4. The molecule has 79 heavy (non-hydrogen) atoms. The molecule has 1 amide bonds. The highest BCUT2D eigenvalue weighted by Crippen LogP contribution is 2.30. The molecule has 2 rings (SSSR count). The van der Waals surface area contributed by atoms with Crippen LogP contribution in [0.2, 0.25) is 0 Å². The molecule has 2 aliphatic heterocycles. The Morgan fingerprint density at radius 3 is 1.16 bits per heavy atom. The molecule has 468 valence electrons. The van der Waals surface area contributed by atoms with Crippen LogP contribution in [0.4, 0.5) is 0 Å². The van der Waals surface area contributed by atoms with Crippen LogP contribution in [0.3, 0.4) is 0 Å². The first-order chi connectivity index (χ1) is 38.6. The van der Waals surface area contributed by atoms with Gasteiger partial charge in [-0.2, -0.15) is 0 Å². The average Bonchev–Trinajstić information content (AvgIpc) is 3.47. The first-order valence-corrected chi connectivity index (χ1v) is 33.4. The molecular weight excluding hydrogens is 1000 g/mol. The molecule has 2 aliphatic rings. The van der Waals surface area contributed by atoms with Crippen LogP contribution in [0.25, 0.3) is 0 Å². The molecule has 9 N–H and O–H groups in total. The van der Waals surface area contributed by atoms with Crippen LogP contribution in [0.5, 0.6) is 0 Å². The lowest BCUT2D eigenvalue weighted by atomic mass is 9.97. The molecule has 0 radical (unpaired) electrons. The Balaban J connectivity index is 1.66. The fourth-order valence-corrected chi connectivity index (χ4v) is 11.4. The highest BCUT2D eigenvalue weighted by atomic mass is 16.7. The van der Waals surface area contributed by atoms with Gasteiger partial charge in [-0.25, -0.2) is 0 Å². The number of aliphatic hydroxyl groups excluding tert-OH is 8. The van der Waals surface area contributed by atoms with Crippen molar-refractivity contribution in [2.24, 2.45) is 0 Å². The van der Waals surface area contributed by atoms with Gasteiger partial charge in [-0.05, 0) is 19.3 Å². The van der Waals surface area contributed by atoms with Crippen molar-refractivity contribution in [2.75, 3.05) is 19.8 Å². The van der Waals surface area contributed by atoms with Gasteiger partial charge in [-0.15, -0.1) is 0 Å². The second-order valence-corrected chi connectivity index (χ2v) is 24.0. The van der Waals surface area contributed by atoms with E-state index in [-0.39, 0.29) is 18.9 Å². The third-order valence-electron chi connectivity index (χ3n) is 16.7. The maximum Gasteiger partial charge on any atom is 0.220 e. The van der Waals surface area contributed by atoms with Gasteiger partial charge < -0.3 is 65.1 Å². The minimum absolute atomic E-state index is 0.232. The van der Waals surface area contributed by atoms with Gasteiger partial charge in [-0.3, -0.25) is 4.79 Å². The van der Waals surface area contributed by atoms with Crippen molar-refractivity contribution in [3.8, 4) is 0 Å². The summed E-state index contributed by atoms with van der Waals surface area (Å²) in [7, 11) is 0. The lowest BCUT2D eigenvalue weighted by Crippen LogP contribution is -2.65. The number of carbonyl (C=O) groups excluding carboxylic acids is 1. The second kappa shape index (κ2) is 51.2. The van der Waals surface area contributed by atoms with Crippen molar-refractivity contribution in [3.05, 3.63) is 12.2 Å². The lowest BCUT2D eigenvalue weighted by Gasteiger charge is -2.46. The molecular formula is C65H125NO13. The van der Waals surface area contributed by atoms with Crippen molar-refractivity contribution >= 4 is 5.91 Å². The summed E-state index contributed by atoms with van der Waals surface area (Å²) in [5.74, 6) is -0.232. The minimum atomic E-state index is -1.79. The zero-order valence-corrected chi connectivity index (χ0v) is 50.6. The Kier molecular flexibility index (Phi) is 47.8. The summed E-state index contributed by atoms with van der Waals surface area (Å²) in [6, 6.07) is -0.910. The Morgan fingerprint density at radius 1 is 0.443 bits per heavy atom. The average molecular weight is 1130 g/mol. The van der Waals surface area contributed by atoms with Gasteiger partial charge >= 0.3 is 0 Å². The van der Waals surface area contributed by atoms with Crippen LogP contribution in [0.15, 0.2) is 12.2 Å². The molecule has 0 aromatic rings. The zero-order chi connectivity index (χ0) is 57.4. The highest BCUT2D eigenvalue weighted by molar-refractivity contribution is 5.76. The summed E-state index contributed by atoms with van der Waals surface area (Å²) in [6.07, 6.45) is 44.1. The number of allylic oxidation sites excluding steroid dienone is 1. The maximum absolute atomic E-state index is 13.3. The first-order valence-electron chi connectivity index (χ1n) is 33.4. The van der Waals surface area contributed by atoms with E-state index >= 15 is 0 Å². The van der Waals surface area contributed by atoms with Gasteiger partial charge in [0.15, 0.2) is 12.6 Å². The molecule has 0 aromatic carbocycles. The number of carbonyl (C=O) groups is 1. The normalized spacial score (nSPS) is 24.4. The molecule has 2 heterocycles. The van der Waals surface area contributed by atoms with Crippen LogP contribution < -0.4 is 5.32 Å². The number of unbranched alkanes of at least 4 members (excludes halogenated alkanes) is 42. The maximum atomic E-state index is 13.3. The number of amides is 1. The van der Waals surface area contributed by atoms with Crippen LogP contribution in [0, 0.1) is 0 Å². The molecule has 14 heteroatoms. The predicted octanol–water partition coefficient (Wildman–Crippen LogP) is 12.6. The molecule has 0 aromatic heterocycles. The van der Waals surface area contributed by atoms with Crippen LogP contribution in [0.1, 0.15) is 303 Å². The Morgan fingerprint density at radius 2 is 0.785 bits per heavy atom. The van der Waals surface area contributed by atoms with Crippen LogP contribution in [-0.2, 0) is 23.7 Å². The number of hydrogen-bond acceptors (Lipinski definition) is 13. The van der Waals surface area contributed by atoms with E-state index in [4.69, 9.17) is 18.9 Å². The van der Waals surface area contributed by atoms with Crippen molar-refractivity contribution < 1.29 is 64.6 Å². The van der Waals surface area contributed by atoms with E-state index in [1.54, 1.807) is 6.08 Å². The summed E-state index contributed by atoms with van der Waals surface area (Å²) in [6.45, 7) is 2.84. The smallest absolute Gasteiger partial charge is 0.220 e. The first kappa shape index (κ1) is 73.8. The van der Waals surface area contributed by atoms with Gasteiger partial charge in [-0.1, -0.05) is 289 Å². The Bertz CT molecular complexity index is 1380. The Hall–Kier alpha value is -1.27. The summed E-state index contributed by atoms with van der Waals surface area (Å²) in [4.78, 5) is 13.3. The molecule has 12 atom stereocenters. The molecule has 0 bridgehead atoms. The topological polar surface area (TPSA) is 228 Å². The van der Waals surface area contributed by atoms with E-state index in [1.807, 2.05) is 6.08 Å². The largest absolute Gasteiger partial charge is 0.394 e. The van der Waals surface area contributed by atoms with E-state index in [2.05, 4.69) is 19.2 Å². The number of ether oxygens (including phenoxy) is 4. The van der Waals surface area contributed by atoms with E-state index in [1.165, 1.54) is 238 Å². The summed E-state index contributed by atoms with van der Waals surface area (Å²) in [5, 5.41) is 87.2. The molecule has 14 nitrogen and oxygen atoms in total. The number of nitrogens with one attached hydrogen (secondary N) is 1.